The molecule has 0 saturated carbocycles. The van der Waals surface area contributed by atoms with Gasteiger partial charge in [0, 0.05) is 5.56 Å². The maximum absolute atomic E-state index is 7.32. The number of nitrogens with one attached hydrogen (secondary N) is 1. The van der Waals surface area contributed by atoms with E-state index in [1.807, 2.05) is 25.1 Å². The molecule has 0 atom stereocenters. The zero-order valence-corrected chi connectivity index (χ0v) is 13.3. The molecule has 0 bridgehead atoms. The molecule has 0 fully saturated rings. The molecule has 0 aromatic heterocycles. The van der Waals surface area contributed by atoms with E-state index in [1.165, 1.54) is 5.56 Å². The lowest BCUT2D eigenvalue weighted by Crippen LogP contribution is -2.11. The molecule has 2 rings (SSSR count). The number of ether oxygens (including phenoxy) is 2. The first-order valence-electron chi connectivity index (χ1n) is 6.52. The lowest BCUT2D eigenvalue weighted by Gasteiger charge is -2.10. The third-order valence-corrected chi connectivity index (χ3v) is 3.48. The highest BCUT2D eigenvalue weighted by Gasteiger charge is 2.02. The molecule has 21 heavy (non-hydrogen) atoms. The van der Waals surface area contributed by atoms with Crippen molar-refractivity contribution in [2.24, 2.45) is 5.73 Å². The Morgan fingerprint density at radius 1 is 1.10 bits per heavy atom. The van der Waals surface area contributed by atoms with Crippen LogP contribution < -0.4 is 15.2 Å². The third kappa shape index (κ3) is 4.49. The lowest BCUT2D eigenvalue weighted by molar-refractivity contribution is 0.216. The Bertz CT molecular complexity index is 627. The molecular formula is C16H17BrN2O2. The maximum atomic E-state index is 7.32. The van der Waals surface area contributed by atoms with Gasteiger partial charge in [-0.1, -0.05) is 6.07 Å². The van der Waals surface area contributed by atoms with Crippen molar-refractivity contribution in [2.45, 2.75) is 6.92 Å². The topological polar surface area (TPSA) is 68.3 Å². The van der Waals surface area contributed by atoms with Gasteiger partial charge < -0.3 is 15.2 Å². The van der Waals surface area contributed by atoms with Crippen LogP contribution in [0.5, 0.6) is 11.5 Å². The van der Waals surface area contributed by atoms with Crippen LogP contribution >= 0.6 is 15.9 Å². The second-order valence-electron chi connectivity index (χ2n) is 4.57. The van der Waals surface area contributed by atoms with E-state index in [0.29, 0.717) is 18.8 Å². The molecule has 0 amide bonds. The Morgan fingerprint density at radius 2 is 1.76 bits per heavy atom. The molecule has 0 aliphatic carbocycles. The summed E-state index contributed by atoms with van der Waals surface area (Å²) in [5.74, 6) is 1.58. The number of hydrogen-bond donors (Lipinski definition) is 2. The SMILES string of the molecule is Cc1ccc(OCCOc2ccc(C(=N)N)cc2)c(Br)c1. The van der Waals surface area contributed by atoms with Gasteiger partial charge in [0.05, 0.1) is 4.47 Å². The summed E-state index contributed by atoms with van der Waals surface area (Å²) < 4.78 is 12.2. The monoisotopic (exact) mass is 348 g/mol. The van der Waals surface area contributed by atoms with E-state index in [1.54, 1.807) is 24.3 Å². The molecular weight excluding hydrogens is 332 g/mol. The maximum Gasteiger partial charge on any atom is 0.133 e. The summed E-state index contributed by atoms with van der Waals surface area (Å²) in [6, 6.07) is 13.0. The van der Waals surface area contributed by atoms with Crippen molar-refractivity contribution in [3.63, 3.8) is 0 Å². The van der Waals surface area contributed by atoms with E-state index in [9.17, 15) is 0 Å². The Kier molecular flexibility index (Phi) is 5.22. The largest absolute Gasteiger partial charge is 0.490 e. The number of amidine groups is 1. The van der Waals surface area contributed by atoms with Crippen LogP contribution in [0.4, 0.5) is 0 Å². The van der Waals surface area contributed by atoms with Crippen molar-refractivity contribution in [3.05, 3.63) is 58.1 Å². The van der Waals surface area contributed by atoms with E-state index < -0.39 is 0 Å². The van der Waals surface area contributed by atoms with E-state index in [-0.39, 0.29) is 5.84 Å². The van der Waals surface area contributed by atoms with Crippen molar-refractivity contribution >= 4 is 21.8 Å². The number of halogens is 1. The van der Waals surface area contributed by atoms with Gasteiger partial charge >= 0.3 is 0 Å². The standard InChI is InChI=1S/C16H17BrN2O2/c1-11-2-7-15(14(17)10-11)21-9-8-20-13-5-3-12(4-6-13)16(18)19/h2-7,10H,8-9H2,1H3,(H3,18,19). The highest BCUT2D eigenvalue weighted by molar-refractivity contribution is 9.10. The van der Waals surface area contributed by atoms with Gasteiger partial charge in [-0.2, -0.15) is 0 Å². The van der Waals surface area contributed by atoms with Gasteiger partial charge in [-0.05, 0) is 64.8 Å². The lowest BCUT2D eigenvalue weighted by atomic mass is 10.2. The van der Waals surface area contributed by atoms with Crippen LogP contribution in [0.15, 0.2) is 46.9 Å². The van der Waals surface area contributed by atoms with Crippen LogP contribution in [-0.2, 0) is 0 Å². The fourth-order valence-corrected chi connectivity index (χ4v) is 2.37. The number of benzene rings is 2. The van der Waals surface area contributed by atoms with Crippen LogP contribution in [-0.4, -0.2) is 19.0 Å². The highest BCUT2D eigenvalue weighted by Crippen LogP contribution is 2.25. The zero-order valence-electron chi connectivity index (χ0n) is 11.7. The Hall–Kier alpha value is -2.01. The number of nitrogens with two attached hydrogens (primary N) is 1. The Morgan fingerprint density at radius 3 is 2.38 bits per heavy atom. The number of aryl methyl sites for hydroxylation is 1. The first-order chi connectivity index (χ1) is 10.1. The molecule has 0 heterocycles. The van der Waals surface area contributed by atoms with E-state index in [2.05, 4.69) is 15.9 Å². The van der Waals surface area contributed by atoms with Crippen LogP contribution in [0, 0.1) is 12.3 Å². The van der Waals surface area contributed by atoms with Gasteiger partial charge in [0.2, 0.25) is 0 Å². The van der Waals surface area contributed by atoms with E-state index >= 15 is 0 Å². The predicted molar refractivity (Wildman–Crippen MR) is 87.3 cm³/mol. The summed E-state index contributed by atoms with van der Waals surface area (Å²) in [6.45, 7) is 2.93. The normalized spacial score (nSPS) is 10.2. The molecule has 0 spiro atoms. The molecule has 0 unspecified atom stereocenters. The third-order valence-electron chi connectivity index (χ3n) is 2.86. The minimum Gasteiger partial charge on any atom is -0.490 e. The van der Waals surface area contributed by atoms with E-state index in [0.717, 1.165) is 16.0 Å². The minimum atomic E-state index is 0.0501. The molecule has 0 aliphatic heterocycles. The van der Waals surface area contributed by atoms with Gasteiger partial charge in [-0.15, -0.1) is 0 Å². The number of hydrogen-bond acceptors (Lipinski definition) is 3. The van der Waals surface area contributed by atoms with Crippen molar-refractivity contribution in [1.29, 1.82) is 5.41 Å². The smallest absolute Gasteiger partial charge is 0.133 e. The van der Waals surface area contributed by atoms with Crippen LogP contribution in [0.3, 0.4) is 0 Å². The number of rotatable bonds is 6. The summed E-state index contributed by atoms with van der Waals surface area (Å²) in [4.78, 5) is 0. The Labute approximate surface area is 132 Å². The van der Waals surface area contributed by atoms with Gasteiger partial charge in [0.15, 0.2) is 0 Å². The minimum absolute atomic E-state index is 0.0501. The quantitative estimate of drug-likeness (QED) is 0.476. The van der Waals surface area contributed by atoms with Gasteiger partial charge in [0.1, 0.15) is 30.5 Å². The van der Waals surface area contributed by atoms with Crippen molar-refractivity contribution < 1.29 is 9.47 Å². The first kappa shape index (κ1) is 15.4. The van der Waals surface area contributed by atoms with E-state index in [4.69, 9.17) is 20.6 Å². The summed E-state index contributed by atoms with van der Waals surface area (Å²) in [7, 11) is 0. The molecule has 0 radical (unpaired) electrons. The summed E-state index contributed by atoms with van der Waals surface area (Å²) in [5, 5.41) is 7.32. The second kappa shape index (κ2) is 7.13. The highest BCUT2D eigenvalue weighted by atomic mass is 79.9. The molecule has 0 aliphatic rings. The van der Waals surface area contributed by atoms with Gasteiger partial charge in [-0.3, -0.25) is 5.41 Å². The number of nitrogen functional groups attached to an aromatic ring is 1. The molecule has 3 N–H and O–H groups in total. The zero-order chi connectivity index (χ0) is 15.2. The molecule has 110 valence electrons. The van der Waals surface area contributed by atoms with Gasteiger partial charge in [-0.25, -0.2) is 0 Å². The molecule has 4 nitrogen and oxygen atoms in total. The van der Waals surface area contributed by atoms with Crippen molar-refractivity contribution in [2.75, 3.05) is 13.2 Å². The first-order valence-corrected chi connectivity index (χ1v) is 7.32. The molecule has 0 saturated heterocycles. The summed E-state index contributed by atoms with van der Waals surface area (Å²) in [5.41, 5.74) is 7.25. The predicted octanol–water partition coefficient (Wildman–Crippen LogP) is 3.50. The fraction of sp³-hybridized carbons (Fsp3) is 0.188. The Balaban J connectivity index is 1.80. The van der Waals surface area contributed by atoms with Crippen molar-refractivity contribution in [3.8, 4) is 11.5 Å². The summed E-state index contributed by atoms with van der Waals surface area (Å²) >= 11 is 3.47. The average Bonchev–Trinajstić information content (AvgIpc) is 2.46. The molecule has 2 aromatic rings. The van der Waals surface area contributed by atoms with Crippen LogP contribution in [0.1, 0.15) is 11.1 Å². The van der Waals surface area contributed by atoms with Crippen LogP contribution in [0.2, 0.25) is 0 Å². The van der Waals surface area contributed by atoms with Gasteiger partial charge in [0.25, 0.3) is 0 Å². The molecule has 2 aromatic carbocycles. The molecule has 5 heteroatoms. The fourth-order valence-electron chi connectivity index (χ4n) is 1.76. The van der Waals surface area contributed by atoms with Crippen LogP contribution in [0.25, 0.3) is 0 Å². The second-order valence-corrected chi connectivity index (χ2v) is 5.42. The average molecular weight is 349 g/mol. The summed E-state index contributed by atoms with van der Waals surface area (Å²) in [6.07, 6.45) is 0. The van der Waals surface area contributed by atoms with Crippen molar-refractivity contribution in [1.82, 2.24) is 0 Å².